The van der Waals surface area contributed by atoms with Crippen molar-refractivity contribution in [3.8, 4) is 0 Å². The maximum Gasteiger partial charge on any atom is 0.271 e. The van der Waals surface area contributed by atoms with Crippen LogP contribution in [0.15, 0.2) is 35.3 Å². The molecule has 0 aliphatic carbocycles. The normalized spacial score (nSPS) is 11.4. The summed E-state index contributed by atoms with van der Waals surface area (Å²) < 4.78 is 2.48. The van der Waals surface area contributed by atoms with Crippen LogP contribution in [0.2, 0.25) is 0 Å². The zero-order chi connectivity index (χ0) is 15.0. The number of amides is 1. The number of benzene rings is 1. The molecule has 0 fully saturated rings. The number of hydrogen-bond acceptors (Lipinski definition) is 4. The van der Waals surface area contributed by atoms with Gasteiger partial charge in [0.1, 0.15) is 5.56 Å². The molecule has 2 aromatic heterocycles. The van der Waals surface area contributed by atoms with Crippen LogP contribution in [0, 0.1) is 5.92 Å². The Morgan fingerprint density at radius 2 is 2.14 bits per heavy atom. The van der Waals surface area contributed by atoms with Crippen LogP contribution >= 0.6 is 11.3 Å². The van der Waals surface area contributed by atoms with Crippen molar-refractivity contribution in [3.63, 3.8) is 0 Å². The molecule has 0 aliphatic heterocycles. The van der Waals surface area contributed by atoms with E-state index < -0.39 is 0 Å². The van der Waals surface area contributed by atoms with Crippen molar-refractivity contribution in [1.82, 2.24) is 14.7 Å². The van der Waals surface area contributed by atoms with Gasteiger partial charge >= 0.3 is 0 Å². The zero-order valence-corrected chi connectivity index (χ0v) is 12.6. The van der Waals surface area contributed by atoms with E-state index >= 15 is 0 Å². The van der Waals surface area contributed by atoms with Crippen LogP contribution in [0.5, 0.6) is 0 Å². The molecule has 0 saturated carbocycles. The highest BCUT2D eigenvalue weighted by molar-refractivity contribution is 7.23. The van der Waals surface area contributed by atoms with Crippen molar-refractivity contribution in [3.05, 3.63) is 46.4 Å². The number of fused-ring (bicyclic) bond motifs is 3. The summed E-state index contributed by atoms with van der Waals surface area (Å²) in [5.41, 5.74) is 0.545. The van der Waals surface area contributed by atoms with Crippen molar-refractivity contribution < 1.29 is 4.79 Å². The van der Waals surface area contributed by atoms with Gasteiger partial charge in [-0.25, -0.2) is 4.98 Å². The summed E-state index contributed by atoms with van der Waals surface area (Å²) in [5.74, 6) is -0.0405. The van der Waals surface area contributed by atoms with Gasteiger partial charge in [0.25, 0.3) is 11.5 Å². The first-order chi connectivity index (χ1) is 10.1. The maximum atomic E-state index is 12.6. The molecule has 2 heterocycles. The molecule has 0 saturated heterocycles. The van der Waals surface area contributed by atoms with Crippen LogP contribution in [0.4, 0.5) is 0 Å². The minimum absolute atomic E-state index is 0.0803. The van der Waals surface area contributed by atoms with E-state index in [4.69, 9.17) is 0 Å². The number of nitrogens with one attached hydrogen (secondary N) is 1. The van der Waals surface area contributed by atoms with E-state index in [2.05, 4.69) is 10.3 Å². The minimum Gasteiger partial charge on any atom is -0.352 e. The number of hydrogen-bond donors (Lipinski definition) is 1. The van der Waals surface area contributed by atoms with Crippen molar-refractivity contribution in [2.24, 2.45) is 5.92 Å². The summed E-state index contributed by atoms with van der Waals surface area (Å²) in [6, 6.07) is 7.58. The third kappa shape index (κ3) is 2.42. The maximum absolute atomic E-state index is 12.6. The highest BCUT2D eigenvalue weighted by Crippen LogP contribution is 2.23. The van der Waals surface area contributed by atoms with Gasteiger partial charge in [-0.15, -0.1) is 0 Å². The second-order valence-electron chi connectivity index (χ2n) is 5.27. The lowest BCUT2D eigenvalue weighted by Gasteiger charge is -2.07. The molecule has 1 N–H and O–H groups in total. The predicted octanol–water partition coefficient (Wildman–Crippen LogP) is 2.29. The Balaban J connectivity index is 2.13. The molecule has 0 unspecified atom stereocenters. The molecule has 0 spiro atoms. The Bertz CT molecular complexity index is 879. The summed E-state index contributed by atoms with van der Waals surface area (Å²) in [7, 11) is 0. The number of rotatable bonds is 3. The van der Waals surface area contributed by atoms with E-state index in [0.29, 0.717) is 17.4 Å². The molecule has 0 atom stereocenters. The van der Waals surface area contributed by atoms with E-state index in [9.17, 15) is 9.59 Å². The fourth-order valence-electron chi connectivity index (χ4n) is 2.10. The van der Waals surface area contributed by atoms with Crippen LogP contribution in [-0.4, -0.2) is 21.8 Å². The molecule has 6 heteroatoms. The molecule has 21 heavy (non-hydrogen) atoms. The summed E-state index contributed by atoms with van der Waals surface area (Å²) in [6.45, 7) is 4.54. The Kier molecular flexibility index (Phi) is 3.47. The standard InChI is InChI=1S/C15H15N3O2S/c1-9(2)7-16-13(19)10-8-17-15-18(14(10)20)11-5-3-4-6-12(11)21-15/h3-6,8-9H,7H2,1-2H3,(H,16,19). The highest BCUT2D eigenvalue weighted by atomic mass is 32.1. The molecule has 0 aliphatic rings. The number of nitrogens with zero attached hydrogens (tertiary/aromatic N) is 2. The van der Waals surface area contributed by atoms with E-state index in [1.807, 2.05) is 38.1 Å². The summed E-state index contributed by atoms with van der Waals surface area (Å²) in [6.07, 6.45) is 1.36. The lowest BCUT2D eigenvalue weighted by atomic mass is 10.2. The molecule has 108 valence electrons. The second kappa shape index (κ2) is 5.29. The topological polar surface area (TPSA) is 63.5 Å². The molecule has 1 aromatic carbocycles. The first-order valence-corrected chi connectivity index (χ1v) is 7.57. The van der Waals surface area contributed by atoms with Gasteiger partial charge in [0, 0.05) is 12.7 Å². The molecule has 3 aromatic rings. The first-order valence-electron chi connectivity index (χ1n) is 6.75. The van der Waals surface area contributed by atoms with Crippen molar-refractivity contribution in [2.45, 2.75) is 13.8 Å². The lowest BCUT2D eigenvalue weighted by molar-refractivity contribution is 0.0947. The van der Waals surface area contributed by atoms with Crippen LogP contribution in [0.3, 0.4) is 0 Å². The van der Waals surface area contributed by atoms with Gasteiger partial charge in [0.05, 0.1) is 10.2 Å². The average Bonchev–Trinajstić information content (AvgIpc) is 2.84. The minimum atomic E-state index is -0.370. The Labute approximate surface area is 125 Å². The van der Waals surface area contributed by atoms with Gasteiger partial charge in [-0.3, -0.25) is 14.0 Å². The molecule has 0 radical (unpaired) electrons. The molecule has 1 amide bonds. The van der Waals surface area contributed by atoms with E-state index in [-0.39, 0.29) is 17.0 Å². The number of para-hydroxylation sites is 1. The Hall–Kier alpha value is -2.21. The summed E-state index contributed by atoms with van der Waals surface area (Å²) in [5, 5.41) is 2.76. The third-order valence-corrected chi connectivity index (χ3v) is 4.19. The summed E-state index contributed by atoms with van der Waals surface area (Å²) in [4.78, 5) is 29.5. The van der Waals surface area contributed by atoms with Crippen LogP contribution in [0.1, 0.15) is 24.2 Å². The first kappa shape index (κ1) is 13.8. The van der Waals surface area contributed by atoms with E-state index in [1.165, 1.54) is 21.9 Å². The Morgan fingerprint density at radius 3 is 2.90 bits per heavy atom. The number of aromatic nitrogens is 2. The van der Waals surface area contributed by atoms with Crippen molar-refractivity contribution in [1.29, 1.82) is 0 Å². The third-order valence-electron chi connectivity index (χ3n) is 3.15. The van der Waals surface area contributed by atoms with E-state index in [0.717, 1.165) is 10.2 Å². The van der Waals surface area contributed by atoms with Gasteiger partial charge in [0.2, 0.25) is 0 Å². The van der Waals surface area contributed by atoms with Gasteiger partial charge in [-0.1, -0.05) is 37.3 Å². The van der Waals surface area contributed by atoms with Gasteiger partial charge < -0.3 is 5.32 Å². The molecule has 5 nitrogen and oxygen atoms in total. The molecular weight excluding hydrogens is 286 g/mol. The van der Waals surface area contributed by atoms with Crippen LogP contribution in [-0.2, 0) is 0 Å². The van der Waals surface area contributed by atoms with Crippen molar-refractivity contribution in [2.75, 3.05) is 6.54 Å². The molecule has 0 bridgehead atoms. The number of thiazole rings is 1. The highest BCUT2D eigenvalue weighted by Gasteiger charge is 2.16. The fourth-order valence-corrected chi connectivity index (χ4v) is 3.08. The quantitative estimate of drug-likeness (QED) is 0.807. The number of carbonyl (C=O) groups excluding carboxylic acids is 1. The summed E-state index contributed by atoms with van der Waals surface area (Å²) >= 11 is 1.43. The smallest absolute Gasteiger partial charge is 0.271 e. The zero-order valence-electron chi connectivity index (χ0n) is 11.8. The molecular formula is C15H15N3O2S. The molecule has 3 rings (SSSR count). The van der Waals surface area contributed by atoms with Gasteiger partial charge in [-0.2, -0.15) is 0 Å². The Morgan fingerprint density at radius 1 is 1.38 bits per heavy atom. The number of carbonyl (C=O) groups is 1. The average molecular weight is 301 g/mol. The van der Waals surface area contributed by atoms with E-state index in [1.54, 1.807) is 0 Å². The van der Waals surface area contributed by atoms with Crippen molar-refractivity contribution >= 4 is 32.4 Å². The van der Waals surface area contributed by atoms with Gasteiger partial charge in [-0.05, 0) is 18.1 Å². The second-order valence-corrected chi connectivity index (χ2v) is 6.28. The largest absolute Gasteiger partial charge is 0.352 e. The lowest BCUT2D eigenvalue weighted by Crippen LogP contribution is -2.33. The van der Waals surface area contributed by atoms with Gasteiger partial charge in [0.15, 0.2) is 4.96 Å². The SMILES string of the molecule is CC(C)CNC(=O)c1cnc2sc3ccccc3n2c1=O. The predicted molar refractivity (Wildman–Crippen MR) is 84.0 cm³/mol. The van der Waals surface area contributed by atoms with Crippen LogP contribution < -0.4 is 10.9 Å². The fraction of sp³-hybridized carbons (Fsp3) is 0.267. The monoisotopic (exact) mass is 301 g/mol. The van der Waals surface area contributed by atoms with Crippen LogP contribution in [0.25, 0.3) is 15.2 Å².